The van der Waals surface area contributed by atoms with Gasteiger partial charge in [-0.25, -0.2) is 4.57 Å². The lowest BCUT2D eigenvalue weighted by Gasteiger charge is -2.47. The first-order chi connectivity index (χ1) is 34.0. The van der Waals surface area contributed by atoms with E-state index in [0.717, 1.165) is 0 Å². The highest BCUT2D eigenvalue weighted by Crippen LogP contribution is 2.57. The summed E-state index contributed by atoms with van der Waals surface area (Å²) in [6.07, 6.45) is -33.7. The van der Waals surface area contributed by atoms with Gasteiger partial charge < -0.3 is 57.4 Å². The Balaban J connectivity index is 1.70. The van der Waals surface area contributed by atoms with Gasteiger partial charge in [-0.05, 0) is 47.7 Å². The van der Waals surface area contributed by atoms with E-state index in [1.54, 1.807) is 0 Å². The predicted octanol–water partition coefficient (Wildman–Crippen LogP) is 1.10. The van der Waals surface area contributed by atoms with Crippen LogP contribution in [0.1, 0.15) is 71.2 Å². The number of carbonyl (C=O) groups is 1. The van der Waals surface area contributed by atoms with Gasteiger partial charge in [0.1, 0.15) is 27.1 Å². The van der Waals surface area contributed by atoms with E-state index in [9.17, 15) is 23.1 Å². The molecule has 250 valence electrons. The number of fused-ring (bicyclic) bond motifs is 4. The molecule has 0 spiro atoms. The number of phosphoric acid groups is 1. The van der Waals surface area contributed by atoms with Gasteiger partial charge in [-0.3, -0.25) is 14.6 Å². The largest absolute Gasteiger partial charge is 0.525 e. The Morgan fingerprint density at radius 2 is 1.83 bits per heavy atom. The van der Waals surface area contributed by atoms with Crippen LogP contribution in [0.25, 0.3) is 0 Å². The number of ether oxygens (including phenoxy) is 9. The molecule has 0 radical (unpaired) electrons. The summed E-state index contributed by atoms with van der Waals surface area (Å²) in [7, 11) is -9.01. The van der Waals surface area contributed by atoms with Crippen molar-refractivity contribution in [2.45, 2.75) is 55.7 Å². The lowest BCUT2D eigenvalue weighted by molar-refractivity contribution is -0.364. The Labute approximate surface area is 304 Å². The highest BCUT2D eigenvalue weighted by Gasteiger charge is 2.56. The fourth-order valence-electron chi connectivity index (χ4n) is 4.38. The minimum absolute atomic E-state index is 0.565. The molecule has 0 unspecified atom stereocenters. The van der Waals surface area contributed by atoms with Crippen LogP contribution in [0.3, 0.4) is 0 Å². The van der Waals surface area contributed by atoms with Crippen molar-refractivity contribution in [1.29, 1.82) is 5.72 Å². The van der Waals surface area contributed by atoms with Crippen molar-refractivity contribution in [2.24, 2.45) is 11.8 Å². The van der Waals surface area contributed by atoms with E-state index >= 15 is 0 Å². The molecule has 0 amide bonds. The minimum Gasteiger partial charge on any atom is -0.493 e. The number of cyclic esters (lactones) is 1. The predicted molar refractivity (Wildman–Crippen MR) is 149 cm³/mol. The van der Waals surface area contributed by atoms with Crippen molar-refractivity contribution in [3.05, 3.63) is 40.9 Å². The standard InChI is InChI=1S/C29H33O16P/c1-11-38-9-20-27(42-11)23(30)24(31)29(43-20)44-25-14-7-17-16(40-10-41-17)6-13(14)21(22-15(25)8-39-28(22)32)12-4-18(36-2)26(19(5-12)37-3)45-46(33,34)35/h4-7,11,15,20-25,27,29-31H,8-10H2,1-3H3,(H2,33,34,35)/t11-,15+,20-,21-,22+,23-,24-,25-,27-,29+/m1/s1/i1D3,2D3,4D,5D,6D,7D,8D2,9D2,10D2,11D,15D,20D,21D,22D,23D,24D,25D,27D,29D,30D,31D/hD2. The van der Waals surface area contributed by atoms with Gasteiger partial charge in [0.2, 0.25) is 18.2 Å². The van der Waals surface area contributed by atoms with Crippen molar-refractivity contribution in [2.75, 3.05) is 34.0 Å². The first-order valence-corrected chi connectivity index (χ1v) is 13.4. The topological polar surface area (TPSA) is 207 Å². The normalized spacial score (nSPS) is 63.8. The van der Waals surface area contributed by atoms with Crippen LogP contribution < -0.4 is 23.5 Å². The number of hydrogen-bond donors (Lipinski definition) is 4. The van der Waals surface area contributed by atoms with Crippen LogP contribution in [0.15, 0.2) is 24.2 Å². The highest BCUT2D eigenvalue weighted by atomic mass is 31.2. The second kappa shape index (κ2) is 11.8. The molecule has 4 aliphatic heterocycles. The van der Waals surface area contributed by atoms with Gasteiger partial charge in [0.05, 0.1) is 63.9 Å². The van der Waals surface area contributed by atoms with Crippen molar-refractivity contribution < 1.29 is 112 Å². The quantitative estimate of drug-likeness (QED) is 0.191. The molecule has 4 N–H and O–H groups in total. The van der Waals surface area contributed by atoms with E-state index in [-0.39, 0.29) is 0 Å². The fourth-order valence-corrected chi connectivity index (χ4v) is 4.77. The molecular weight excluding hydrogens is 635 g/mol. The van der Waals surface area contributed by atoms with E-state index in [4.69, 9.17) is 70.1 Å². The monoisotopic (exact) mass is 698 g/mol. The molecule has 1 aliphatic carbocycles. The maximum Gasteiger partial charge on any atom is 0.525 e. The number of esters is 1. The maximum absolute atomic E-state index is 14.7. The summed E-state index contributed by atoms with van der Waals surface area (Å²) in [4.78, 5) is 22.3. The van der Waals surface area contributed by atoms with Gasteiger partial charge >= 0.3 is 13.8 Å². The number of rotatable bonds is 11. The molecule has 0 bridgehead atoms. The van der Waals surface area contributed by atoms with Crippen LogP contribution in [0.2, 0.25) is 0 Å². The Morgan fingerprint density at radius 3 is 2.54 bits per heavy atom. The summed E-state index contributed by atoms with van der Waals surface area (Å²) in [6, 6.07) is -7.33. The van der Waals surface area contributed by atoms with Crippen molar-refractivity contribution in [1.82, 2.24) is 0 Å². The zero-order valence-electron chi connectivity index (χ0n) is 52.0. The smallest absolute Gasteiger partial charge is 0.493 e. The average molecular weight is 699 g/mol. The molecule has 0 saturated carbocycles. The van der Waals surface area contributed by atoms with Crippen LogP contribution in [-0.2, 0) is 33.0 Å². The molecule has 16 nitrogen and oxygen atoms in total. The summed E-state index contributed by atoms with van der Waals surface area (Å²) < 4.78 is 323. The zero-order chi connectivity index (χ0) is 58.4. The first kappa shape index (κ1) is 12.1. The third-order valence-corrected chi connectivity index (χ3v) is 6.55. The second-order valence-corrected chi connectivity index (χ2v) is 9.83. The third kappa shape index (κ3) is 5.37. The highest BCUT2D eigenvalue weighted by molar-refractivity contribution is 7.46. The molecule has 46 heavy (non-hydrogen) atoms. The average Bonchev–Trinajstić information content (AvgIpc) is 3.69. The van der Waals surface area contributed by atoms with E-state index in [1.807, 2.05) is 0 Å². The first-order valence-electron chi connectivity index (χ1n) is 26.6. The molecule has 10 atom stereocenters. The van der Waals surface area contributed by atoms with Crippen LogP contribution >= 0.6 is 7.82 Å². The van der Waals surface area contributed by atoms with Crippen LogP contribution in [0.5, 0.6) is 28.7 Å². The zero-order valence-corrected chi connectivity index (χ0v) is 22.9. The number of hydrogen-bond acceptors (Lipinski definition) is 16. The van der Waals surface area contributed by atoms with Gasteiger partial charge in [0.25, 0.3) is 0 Å². The number of benzene rings is 2. The Bertz CT molecular complexity index is 2860. The Kier molecular flexibility index (Phi) is 3.09. The number of phosphoric ester groups is 1. The number of methoxy groups -OCH3 is 2. The molecule has 7 rings (SSSR count). The maximum atomic E-state index is 14.7. The molecule has 4 heterocycles. The van der Waals surface area contributed by atoms with Crippen LogP contribution in [0, 0.1) is 11.8 Å². The lowest BCUT2D eigenvalue weighted by Crippen LogP contribution is -2.63. The molecule has 0 aromatic heterocycles. The van der Waals surface area contributed by atoms with Crippen molar-refractivity contribution >= 4 is 13.8 Å². The van der Waals surface area contributed by atoms with Crippen LogP contribution in [0.4, 0.5) is 0 Å². The molecule has 3 saturated heterocycles. The Hall–Kier alpha value is -3.18. The summed E-state index contributed by atoms with van der Waals surface area (Å²) in [6.45, 7) is -16.9. The van der Waals surface area contributed by atoms with Gasteiger partial charge in [0, 0.05) is 20.0 Å². The summed E-state index contributed by atoms with van der Waals surface area (Å²) in [5.41, 5.74) is -5.87. The minimum atomic E-state index is -5.68. The van der Waals surface area contributed by atoms with Gasteiger partial charge in [0.15, 0.2) is 35.5 Å². The third-order valence-electron chi connectivity index (χ3n) is 6.15. The molecular formula is C29H33O16P. The number of aliphatic hydroxyl groups is 2. The lowest BCUT2D eigenvalue weighted by atomic mass is 9.66. The van der Waals surface area contributed by atoms with E-state index < -0.39 is 178 Å². The SMILES string of the molecule is [2H]O[C@]1([2H])[C@@]([2H])(O[2H])[C@]([2H])(O[C@]2([2H])c3c([2H])c4c(c([2H])c3[C@@]([2H])(c3c([2H])c(OC)c(OP(=O)(O[2H])O[2H])c(OC([2H])([2H])[2H])c3[2H])[C@@]3([2H])C(=O)OC([2H])([2H])[C@@]32[2H])OC([2H])([2H])O4)O[C@]2([2H])C([2H])([2H])O[C@@]([2H])(C([2H])([2H])[2H])O[C@@]12[2H]. The summed E-state index contributed by atoms with van der Waals surface area (Å²) in [5, 5.41) is 8.44. The second-order valence-electron chi connectivity index (χ2n) is 8.75. The van der Waals surface area contributed by atoms with E-state index in [0.29, 0.717) is 7.11 Å². The summed E-state index contributed by atoms with van der Waals surface area (Å²) >= 11 is 0. The fraction of sp³-hybridized carbons (Fsp3) is 0.552. The molecule has 17 heteroatoms. The van der Waals surface area contributed by atoms with Crippen molar-refractivity contribution in [3.63, 3.8) is 0 Å². The van der Waals surface area contributed by atoms with Crippen LogP contribution in [-0.4, -0.2) is 103 Å². The van der Waals surface area contributed by atoms with Gasteiger partial charge in [-0.15, -0.1) is 0 Å². The molecule has 3 fully saturated rings. The Morgan fingerprint density at radius 1 is 1.04 bits per heavy atom. The molecule has 5 aliphatic rings. The summed E-state index contributed by atoms with van der Waals surface area (Å²) in [5.74, 6) is -24.7. The number of carbonyl (C=O) groups excluding carboxylic acids is 1. The van der Waals surface area contributed by atoms with E-state index in [2.05, 4.69) is 24.7 Å². The molecule has 2 aromatic carbocycles. The molecule has 2 aromatic rings. The van der Waals surface area contributed by atoms with E-state index in [1.165, 1.54) is 0 Å². The van der Waals surface area contributed by atoms with Gasteiger partial charge in [-0.1, -0.05) is 0 Å². The van der Waals surface area contributed by atoms with Gasteiger partial charge in [-0.2, -0.15) is 0 Å². The van der Waals surface area contributed by atoms with Crippen molar-refractivity contribution in [3.8, 4) is 28.7 Å².